The van der Waals surface area contributed by atoms with Crippen LogP contribution >= 0.6 is 0 Å². The summed E-state index contributed by atoms with van der Waals surface area (Å²) in [5, 5.41) is 3.18. The molecule has 10 heteroatoms. The van der Waals surface area contributed by atoms with Gasteiger partial charge < -0.3 is 26.3 Å². The van der Waals surface area contributed by atoms with Crippen LogP contribution in [0.5, 0.6) is 5.88 Å². The van der Waals surface area contributed by atoms with Crippen molar-refractivity contribution in [2.24, 2.45) is 0 Å². The van der Waals surface area contributed by atoms with Gasteiger partial charge in [-0.25, -0.2) is 9.97 Å². The van der Waals surface area contributed by atoms with Crippen molar-refractivity contribution in [2.45, 2.75) is 13.0 Å². The molecule has 3 aromatic heterocycles. The SMILES string of the molecule is COCCOc1cnc(C(=O)Cc2ccnc(CNc3cccnc3N)c2)c(N)n1. The highest BCUT2D eigenvalue weighted by molar-refractivity contribution is 5.99. The average molecular weight is 409 g/mol. The van der Waals surface area contributed by atoms with Crippen molar-refractivity contribution in [3.63, 3.8) is 0 Å². The number of hydrogen-bond acceptors (Lipinski definition) is 10. The van der Waals surface area contributed by atoms with Gasteiger partial charge in [0.15, 0.2) is 11.6 Å². The van der Waals surface area contributed by atoms with Crippen LogP contribution < -0.4 is 21.5 Å². The quantitative estimate of drug-likeness (QED) is 0.332. The van der Waals surface area contributed by atoms with Gasteiger partial charge in [0, 0.05) is 25.9 Å². The van der Waals surface area contributed by atoms with Crippen LogP contribution in [-0.4, -0.2) is 46.0 Å². The molecule has 0 spiro atoms. The molecule has 3 rings (SSSR count). The van der Waals surface area contributed by atoms with E-state index in [2.05, 4.69) is 25.3 Å². The molecule has 0 fully saturated rings. The molecule has 30 heavy (non-hydrogen) atoms. The fraction of sp³-hybridized carbons (Fsp3) is 0.250. The molecule has 3 aromatic rings. The summed E-state index contributed by atoms with van der Waals surface area (Å²) in [7, 11) is 1.57. The predicted molar refractivity (Wildman–Crippen MR) is 112 cm³/mol. The van der Waals surface area contributed by atoms with Gasteiger partial charge in [0.25, 0.3) is 0 Å². The Kier molecular flexibility index (Phi) is 7.06. The molecule has 0 atom stereocenters. The molecule has 0 aromatic carbocycles. The summed E-state index contributed by atoms with van der Waals surface area (Å²) in [6.45, 7) is 1.17. The summed E-state index contributed by atoms with van der Waals surface area (Å²) in [4.78, 5) is 29.2. The Balaban J connectivity index is 1.62. The van der Waals surface area contributed by atoms with Gasteiger partial charge in [0.2, 0.25) is 5.88 Å². The molecule has 3 heterocycles. The predicted octanol–water partition coefficient (Wildman–Crippen LogP) is 1.49. The van der Waals surface area contributed by atoms with Gasteiger partial charge in [0.1, 0.15) is 18.1 Å². The van der Waals surface area contributed by atoms with Crippen LogP contribution in [0.2, 0.25) is 0 Å². The van der Waals surface area contributed by atoms with E-state index in [4.69, 9.17) is 20.9 Å². The molecule has 0 aliphatic rings. The van der Waals surface area contributed by atoms with Gasteiger partial charge in [-0.2, -0.15) is 4.98 Å². The van der Waals surface area contributed by atoms with E-state index in [9.17, 15) is 4.79 Å². The molecule has 0 aliphatic carbocycles. The number of hydrogen-bond donors (Lipinski definition) is 3. The van der Waals surface area contributed by atoms with E-state index in [0.29, 0.717) is 25.6 Å². The Morgan fingerprint density at radius 1 is 1.10 bits per heavy atom. The minimum atomic E-state index is -0.245. The lowest BCUT2D eigenvalue weighted by atomic mass is 10.1. The largest absolute Gasteiger partial charge is 0.474 e. The number of carbonyl (C=O) groups excluding carboxylic acids is 1. The number of ether oxygens (including phenoxy) is 2. The van der Waals surface area contributed by atoms with E-state index in [1.165, 1.54) is 6.20 Å². The number of anilines is 3. The minimum absolute atomic E-state index is 0.0258. The van der Waals surface area contributed by atoms with E-state index in [-0.39, 0.29) is 29.6 Å². The maximum atomic E-state index is 12.6. The topological polar surface area (TPSA) is 151 Å². The molecule has 0 bridgehead atoms. The molecular formula is C20H23N7O3. The lowest BCUT2D eigenvalue weighted by Gasteiger charge is -2.09. The molecule has 0 aliphatic heterocycles. The molecule has 0 amide bonds. The van der Waals surface area contributed by atoms with E-state index in [1.54, 1.807) is 31.6 Å². The fourth-order valence-electron chi connectivity index (χ4n) is 2.66. The number of methoxy groups -OCH3 is 1. The second-order valence-electron chi connectivity index (χ2n) is 6.33. The molecule has 0 unspecified atom stereocenters. The Hall–Kier alpha value is -3.79. The van der Waals surface area contributed by atoms with Crippen LogP contribution in [-0.2, 0) is 17.7 Å². The van der Waals surface area contributed by atoms with E-state index < -0.39 is 0 Å². The Morgan fingerprint density at radius 3 is 2.73 bits per heavy atom. The Morgan fingerprint density at radius 2 is 1.97 bits per heavy atom. The van der Waals surface area contributed by atoms with E-state index in [0.717, 1.165) is 16.9 Å². The number of aromatic nitrogens is 4. The van der Waals surface area contributed by atoms with E-state index in [1.807, 2.05) is 12.1 Å². The maximum Gasteiger partial charge on any atom is 0.234 e. The van der Waals surface area contributed by atoms with E-state index >= 15 is 0 Å². The second-order valence-corrected chi connectivity index (χ2v) is 6.33. The van der Waals surface area contributed by atoms with Crippen molar-refractivity contribution < 1.29 is 14.3 Å². The Bertz CT molecular complexity index is 1010. The van der Waals surface area contributed by atoms with Crippen LogP contribution in [0.1, 0.15) is 21.7 Å². The standard InChI is InChI=1S/C20H23N7O3/c1-29-7-8-30-17-12-26-18(20(22)27-17)16(28)10-13-4-6-23-14(9-13)11-25-15-3-2-5-24-19(15)21/h2-6,9,12,25H,7-8,10-11H2,1H3,(H2,21,24)(H2,22,27). The van der Waals surface area contributed by atoms with Gasteiger partial charge >= 0.3 is 0 Å². The third-order valence-corrected chi connectivity index (χ3v) is 4.12. The van der Waals surface area contributed by atoms with Crippen molar-refractivity contribution in [2.75, 3.05) is 37.1 Å². The lowest BCUT2D eigenvalue weighted by molar-refractivity contribution is 0.0988. The molecule has 10 nitrogen and oxygen atoms in total. The monoisotopic (exact) mass is 409 g/mol. The molecule has 0 saturated heterocycles. The highest BCUT2D eigenvalue weighted by Crippen LogP contribution is 2.17. The number of nitrogens with zero attached hydrogens (tertiary/aromatic N) is 4. The number of ketones is 1. The van der Waals surface area contributed by atoms with Crippen molar-refractivity contribution in [1.29, 1.82) is 0 Å². The summed E-state index contributed by atoms with van der Waals surface area (Å²) < 4.78 is 10.3. The highest BCUT2D eigenvalue weighted by Gasteiger charge is 2.15. The van der Waals surface area contributed by atoms with Gasteiger partial charge in [0.05, 0.1) is 30.7 Å². The zero-order chi connectivity index (χ0) is 21.3. The van der Waals surface area contributed by atoms with Crippen LogP contribution in [0.4, 0.5) is 17.3 Å². The van der Waals surface area contributed by atoms with Crippen LogP contribution in [0.25, 0.3) is 0 Å². The number of rotatable bonds is 10. The smallest absolute Gasteiger partial charge is 0.234 e. The van der Waals surface area contributed by atoms with Crippen LogP contribution in [0.3, 0.4) is 0 Å². The van der Waals surface area contributed by atoms with Crippen molar-refractivity contribution in [3.8, 4) is 5.88 Å². The summed E-state index contributed by atoms with van der Waals surface area (Å²) in [6.07, 6.45) is 4.76. The first-order valence-electron chi connectivity index (χ1n) is 9.22. The minimum Gasteiger partial charge on any atom is -0.474 e. The third kappa shape index (κ3) is 5.61. The van der Waals surface area contributed by atoms with Crippen LogP contribution in [0, 0.1) is 0 Å². The molecule has 0 saturated carbocycles. The number of Topliss-reactive ketones (excluding diaryl/α,β-unsaturated/α-hetero) is 1. The van der Waals surface area contributed by atoms with Gasteiger partial charge in [-0.15, -0.1) is 0 Å². The van der Waals surface area contributed by atoms with Crippen LogP contribution in [0.15, 0.2) is 42.9 Å². The Labute approximate surface area is 173 Å². The molecular weight excluding hydrogens is 386 g/mol. The fourth-order valence-corrected chi connectivity index (χ4v) is 2.66. The molecule has 0 radical (unpaired) electrons. The average Bonchev–Trinajstić information content (AvgIpc) is 2.74. The van der Waals surface area contributed by atoms with Crippen molar-refractivity contribution >= 4 is 23.1 Å². The molecule has 5 N–H and O–H groups in total. The first-order valence-corrected chi connectivity index (χ1v) is 9.22. The number of carbonyl (C=O) groups is 1. The normalized spacial score (nSPS) is 10.6. The lowest BCUT2D eigenvalue weighted by Crippen LogP contribution is -2.13. The zero-order valence-electron chi connectivity index (χ0n) is 16.5. The number of nitrogen functional groups attached to an aromatic ring is 2. The second kappa shape index (κ2) is 10.1. The summed E-state index contributed by atoms with van der Waals surface area (Å²) in [5.41, 5.74) is 14.1. The number of pyridine rings is 2. The highest BCUT2D eigenvalue weighted by atomic mass is 16.5. The number of nitrogens with one attached hydrogen (secondary N) is 1. The summed E-state index contributed by atoms with van der Waals surface area (Å²) >= 11 is 0. The summed E-state index contributed by atoms with van der Waals surface area (Å²) in [6, 6.07) is 7.23. The first-order chi connectivity index (χ1) is 14.6. The summed E-state index contributed by atoms with van der Waals surface area (Å²) in [5.74, 6) is 0.434. The molecule has 156 valence electrons. The van der Waals surface area contributed by atoms with Crippen molar-refractivity contribution in [1.82, 2.24) is 19.9 Å². The first kappa shape index (κ1) is 20.9. The van der Waals surface area contributed by atoms with Gasteiger partial charge in [-0.3, -0.25) is 9.78 Å². The number of nitrogens with two attached hydrogens (primary N) is 2. The zero-order valence-corrected chi connectivity index (χ0v) is 16.5. The van der Waals surface area contributed by atoms with Crippen molar-refractivity contribution in [3.05, 3.63) is 59.8 Å². The third-order valence-electron chi connectivity index (χ3n) is 4.12. The van der Waals surface area contributed by atoms with Gasteiger partial charge in [-0.1, -0.05) is 0 Å². The maximum absolute atomic E-state index is 12.6. The van der Waals surface area contributed by atoms with Gasteiger partial charge in [-0.05, 0) is 29.8 Å².